The van der Waals surface area contributed by atoms with Crippen molar-refractivity contribution in [3.63, 3.8) is 0 Å². The Hall–Kier alpha value is 0.400. The highest BCUT2D eigenvalue weighted by atomic mass is 79.9. The van der Waals surface area contributed by atoms with E-state index in [1.807, 2.05) is 0 Å². The summed E-state index contributed by atoms with van der Waals surface area (Å²) in [7, 11) is 4.41. The summed E-state index contributed by atoms with van der Waals surface area (Å²) in [5.74, 6) is 0. The average Bonchev–Trinajstić information content (AvgIpc) is 2.25. The van der Waals surface area contributed by atoms with Crippen LogP contribution in [0.1, 0.15) is 32.1 Å². The fraction of sp³-hybridized carbons (Fsp3) is 1.00. The lowest BCUT2D eigenvalue weighted by Crippen LogP contribution is -2.45. The normalized spacial score (nSPS) is 23.6. The van der Waals surface area contributed by atoms with Crippen LogP contribution in [0.25, 0.3) is 0 Å². The molecule has 0 aromatic heterocycles. The molecule has 90 valence electrons. The molecule has 2 nitrogen and oxygen atoms in total. The number of unbranched alkanes of at least 4 members (excludes halogenated alkanes) is 2. The van der Waals surface area contributed by atoms with Gasteiger partial charge in [0.1, 0.15) is 0 Å². The Kier molecular flexibility index (Phi) is 6.86. The van der Waals surface area contributed by atoms with E-state index in [4.69, 9.17) is 0 Å². The molecule has 0 aromatic rings. The van der Waals surface area contributed by atoms with E-state index < -0.39 is 0 Å². The second kappa shape index (κ2) is 7.64. The number of halogens is 1. The van der Waals surface area contributed by atoms with Crippen LogP contribution in [0, 0.1) is 0 Å². The van der Waals surface area contributed by atoms with E-state index in [9.17, 15) is 0 Å². The Morgan fingerprint density at radius 1 is 1.27 bits per heavy atom. The minimum Gasteiger partial charge on any atom is -0.305 e. The van der Waals surface area contributed by atoms with Crippen molar-refractivity contribution in [3.05, 3.63) is 0 Å². The van der Waals surface area contributed by atoms with Crippen LogP contribution in [0.15, 0.2) is 0 Å². The average molecular weight is 277 g/mol. The van der Waals surface area contributed by atoms with Crippen LogP contribution in [0.2, 0.25) is 0 Å². The Morgan fingerprint density at radius 3 is 2.73 bits per heavy atom. The molecular weight excluding hydrogens is 252 g/mol. The molecule has 0 amide bonds. The predicted molar refractivity (Wildman–Crippen MR) is 70.8 cm³/mol. The molecule has 0 N–H and O–H groups in total. The molecule has 3 heteroatoms. The van der Waals surface area contributed by atoms with Gasteiger partial charge in [-0.2, -0.15) is 0 Å². The number of alkyl halides is 1. The molecule has 0 bridgehead atoms. The molecule has 1 fully saturated rings. The molecular formula is C12H25BrN2. The molecule has 1 rings (SSSR count). The predicted octanol–water partition coefficient (Wildman–Crippen LogP) is 2.58. The third-order valence-corrected chi connectivity index (χ3v) is 3.88. The van der Waals surface area contributed by atoms with Crippen LogP contribution in [0.4, 0.5) is 0 Å². The van der Waals surface area contributed by atoms with Gasteiger partial charge in [0.05, 0.1) is 0 Å². The highest BCUT2D eigenvalue weighted by Gasteiger charge is 2.20. The Bertz CT molecular complexity index is 162. The van der Waals surface area contributed by atoms with Gasteiger partial charge in [-0.15, -0.1) is 0 Å². The zero-order valence-corrected chi connectivity index (χ0v) is 11.8. The standard InChI is InChI=1S/C12H25BrN2/c1-14(2)12-7-6-10-15(11-12)9-5-3-4-8-13/h12H,3-11H2,1-2H3. The maximum absolute atomic E-state index is 3.48. The van der Waals surface area contributed by atoms with E-state index in [1.54, 1.807) is 0 Å². The molecule has 1 heterocycles. The number of piperidine rings is 1. The summed E-state index contributed by atoms with van der Waals surface area (Å²) in [5, 5.41) is 1.16. The van der Waals surface area contributed by atoms with Crippen LogP contribution < -0.4 is 0 Å². The number of hydrogen-bond acceptors (Lipinski definition) is 2. The quantitative estimate of drug-likeness (QED) is 0.544. The number of hydrogen-bond donors (Lipinski definition) is 0. The monoisotopic (exact) mass is 276 g/mol. The summed E-state index contributed by atoms with van der Waals surface area (Å²) < 4.78 is 0. The summed E-state index contributed by atoms with van der Waals surface area (Å²) in [5.41, 5.74) is 0. The Morgan fingerprint density at radius 2 is 2.07 bits per heavy atom. The first-order valence-corrected chi connectivity index (χ1v) is 7.31. The van der Waals surface area contributed by atoms with Crippen LogP contribution in [0.5, 0.6) is 0 Å². The maximum Gasteiger partial charge on any atom is 0.0217 e. The second-order valence-electron chi connectivity index (χ2n) is 4.81. The van der Waals surface area contributed by atoms with Gasteiger partial charge in [0.2, 0.25) is 0 Å². The molecule has 0 aliphatic carbocycles. The lowest BCUT2D eigenvalue weighted by Gasteiger charge is -2.36. The second-order valence-corrected chi connectivity index (χ2v) is 5.60. The highest BCUT2D eigenvalue weighted by molar-refractivity contribution is 9.09. The van der Waals surface area contributed by atoms with Crippen LogP contribution in [-0.2, 0) is 0 Å². The fourth-order valence-corrected chi connectivity index (χ4v) is 2.66. The minimum absolute atomic E-state index is 0.787. The van der Waals surface area contributed by atoms with E-state index in [2.05, 4.69) is 39.8 Å². The van der Waals surface area contributed by atoms with Crippen LogP contribution >= 0.6 is 15.9 Å². The van der Waals surface area contributed by atoms with Gasteiger partial charge in [0.25, 0.3) is 0 Å². The van der Waals surface area contributed by atoms with E-state index in [0.717, 1.165) is 11.4 Å². The fourth-order valence-electron chi connectivity index (χ4n) is 2.26. The van der Waals surface area contributed by atoms with Crippen molar-refractivity contribution in [2.45, 2.75) is 38.1 Å². The molecule has 0 aromatic carbocycles. The largest absolute Gasteiger partial charge is 0.305 e. The highest BCUT2D eigenvalue weighted by Crippen LogP contribution is 2.14. The minimum atomic E-state index is 0.787. The van der Waals surface area contributed by atoms with Crippen LogP contribution in [0.3, 0.4) is 0 Å². The van der Waals surface area contributed by atoms with Crippen molar-refractivity contribution >= 4 is 15.9 Å². The topological polar surface area (TPSA) is 6.48 Å². The molecule has 15 heavy (non-hydrogen) atoms. The SMILES string of the molecule is CN(C)C1CCCN(CCCCCBr)C1. The van der Waals surface area contributed by atoms with E-state index in [0.29, 0.717) is 0 Å². The molecule has 0 radical (unpaired) electrons. The zero-order valence-electron chi connectivity index (χ0n) is 10.2. The molecule has 1 unspecified atom stereocenters. The third kappa shape index (κ3) is 5.32. The van der Waals surface area contributed by atoms with Gasteiger partial charge in [-0.05, 0) is 52.9 Å². The van der Waals surface area contributed by atoms with Gasteiger partial charge >= 0.3 is 0 Å². The van der Waals surface area contributed by atoms with Crippen molar-refractivity contribution in [1.29, 1.82) is 0 Å². The van der Waals surface area contributed by atoms with Crippen molar-refractivity contribution in [1.82, 2.24) is 9.80 Å². The molecule has 1 aliphatic heterocycles. The zero-order chi connectivity index (χ0) is 11.1. The van der Waals surface area contributed by atoms with Gasteiger partial charge in [0, 0.05) is 17.9 Å². The van der Waals surface area contributed by atoms with Gasteiger partial charge < -0.3 is 9.80 Å². The molecule has 0 saturated carbocycles. The Labute approximate surface area is 103 Å². The lowest BCUT2D eigenvalue weighted by molar-refractivity contribution is 0.131. The van der Waals surface area contributed by atoms with Gasteiger partial charge in [0.15, 0.2) is 0 Å². The Balaban J connectivity index is 2.13. The molecule has 1 atom stereocenters. The van der Waals surface area contributed by atoms with E-state index in [1.165, 1.54) is 51.7 Å². The molecule has 1 saturated heterocycles. The van der Waals surface area contributed by atoms with Crippen molar-refractivity contribution in [2.24, 2.45) is 0 Å². The van der Waals surface area contributed by atoms with Crippen molar-refractivity contribution in [2.75, 3.05) is 39.1 Å². The van der Waals surface area contributed by atoms with Crippen molar-refractivity contribution < 1.29 is 0 Å². The first kappa shape index (κ1) is 13.5. The van der Waals surface area contributed by atoms with Gasteiger partial charge in [-0.25, -0.2) is 0 Å². The van der Waals surface area contributed by atoms with Gasteiger partial charge in [-0.1, -0.05) is 22.4 Å². The lowest BCUT2D eigenvalue weighted by atomic mass is 10.0. The number of nitrogens with zero attached hydrogens (tertiary/aromatic N) is 2. The maximum atomic E-state index is 3.48. The third-order valence-electron chi connectivity index (χ3n) is 3.32. The summed E-state index contributed by atoms with van der Waals surface area (Å²) >= 11 is 3.48. The smallest absolute Gasteiger partial charge is 0.0217 e. The van der Waals surface area contributed by atoms with E-state index in [-0.39, 0.29) is 0 Å². The number of rotatable bonds is 6. The number of likely N-dealkylation sites (N-methyl/N-ethyl adjacent to an activating group) is 1. The van der Waals surface area contributed by atoms with Gasteiger partial charge in [-0.3, -0.25) is 0 Å². The summed E-state index contributed by atoms with van der Waals surface area (Å²) in [4.78, 5) is 5.02. The molecule has 0 spiro atoms. The first-order chi connectivity index (χ1) is 7.24. The molecule has 1 aliphatic rings. The first-order valence-electron chi connectivity index (χ1n) is 6.19. The van der Waals surface area contributed by atoms with Crippen molar-refractivity contribution in [3.8, 4) is 0 Å². The summed E-state index contributed by atoms with van der Waals surface area (Å²) in [6.07, 6.45) is 6.82. The van der Waals surface area contributed by atoms with Crippen LogP contribution in [-0.4, -0.2) is 54.9 Å². The van der Waals surface area contributed by atoms with E-state index >= 15 is 0 Å². The summed E-state index contributed by atoms with van der Waals surface area (Å²) in [6.45, 7) is 3.90. The summed E-state index contributed by atoms with van der Waals surface area (Å²) in [6, 6.07) is 0.787. The number of likely N-dealkylation sites (tertiary alicyclic amines) is 1.